The van der Waals surface area contributed by atoms with Crippen LogP contribution in [0, 0.1) is 12.8 Å². The van der Waals surface area contributed by atoms with Gasteiger partial charge < -0.3 is 9.84 Å². The predicted octanol–water partition coefficient (Wildman–Crippen LogP) is 2.41. The fraction of sp³-hybridized carbons (Fsp3) is 0.538. The van der Waals surface area contributed by atoms with Gasteiger partial charge in [-0.1, -0.05) is 26.0 Å². The van der Waals surface area contributed by atoms with Crippen LogP contribution in [-0.4, -0.2) is 11.0 Å². The Bertz CT molecular complexity index is 334. The highest BCUT2D eigenvalue weighted by Crippen LogP contribution is 2.19. The molecule has 1 aromatic rings. The number of ether oxygens (including phenoxy) is 1. The molecule has 1 atom stereocenters. The molecule has 0 bridgehead atoms. The van der Waals surface area contributed by atoms with Gasteiger partial charge in [-0.3, -0.25) is 5.73 Å². The van der Waals surface area contributed by atoms with Crippen molar-refractivity contribution in [2.24, 2.45) is 11.7 Å². The summed E-state index contributed by atoms with van der Waals surface area (Å²) in [5.74, 6) is -0.470. The molecule has 0 spiro atoms. The van der Waals surface area contributed by atoms with Gasteiger partial charge in [0.05, 0.1) is 0 Å². The molecule has 0 radical (unpaired) electrons. The number of hydrogen-bond acceptors (Lipinski definition) is 3. The van der Waals surface area contributed by atoms with Gasteiger partial charge in [0.15, 0.2) is 0 Å². The number of hydrogen-bond donors (Lipinski definition) is 2. The average Bonchev–Trinajstić information content (AvgIpc) is 2.14. The Morgan fingerprint density at radius 2 is 2.12 bits per heavy atom. The lowest BCUT2D eigenvalue weighted by molar-refractivity contribution is -0.139. The first-order valence-corrected chi connectivity index (χ1v) is 5.66. The third kappa shape index (κ3) is 4.64. The molecule has 1 unspecified atom stereocenters. The van der Waals surface area contributed by atoms with Crippen LogP contribution in [0.1, 0.15) is 32.3 Å². The lowest BCUT2D eigenvalue weighted by Gasteiger charge is -2.25. The molecule has 0 fully saturated rings. The molecule has 0 amide bonds. The molecular formula is C13H21NO2. The number of nitrogens with two attached hydrogens (primary N) is 1. The van der Waals surface area contributed by atoms with E-state index in [-0.39, 0.29) is 0 Å². The molecule has 16 heavy (non-hydrogen) atoms. The highest BCUT2D eigenvalue weighted by molar-refractivity contribution is 5.27. The summed E-state index contributed by atoms with van der Waals surface area (Å²) in [6.07, 6.45) is 1.26. The molecule has 3 nitrogen and oxygen atoms in total. The van der Waals surface area contributed by atoms with Crippen LogP contribution in [0.5, 0.6) is 5.75 Å². The second-order valence-electron chi connectivity index (χ2n) is 4.70. The van der Waals surface area contributed by atoms with Gasteiger partial charge in [-0.2, -0.15) is 0 Å². The van der Waals surface area contributed by atoms with E-state index in [9.17, 15) is 5.11 Å². The van der Waals surface area contributed by atoms with Crippen molar-refractivity contribution in [3.8, 4) is 5.75 Å². The molecule has 0 saturated heterocycles. The molecular weight excluding hydrogens is 202 g/mol. The van der Waals surface area contributed by atoms with Crippen molar-refractivity contribution in [3.63, 3.8) is 0 Å². The number of aliphatic hydroxyl groups is 1. The van der Waals surface area contributed by atoms with E-state index >= 15 is 0 Å². The second kappa shape index (κ2) is 5.32. The quantitative estimate of drug-likeness (QED) is 0.754. The molecule has 1 aromatic carbocycles. The molecule has 0 saturated carbocycles. The van der Waals surface area contributed by atoms with E-state index in [1.54, 1.807) is 6.07 Å². The van der Waals surface area contributed by atoms with E-state index < -0.39 is 5.91 Å². The van der Waals surface area contributed by atoms with Gasteiger partial charge in [0, 0.05) is 6.42 Å². The topological polar surface area (TPSA) is 55.5 Å². The zero-order valence-corrected chi connectivity index (χ0v) is 10.2. The van der Waals surface area contributed by atoms with Crippen molar-refractivity contribution >= 4 is 0 Å². The van der Waals surface area contributed by atoms with Gasteiger partial charge in [0.25, 0.3) is 5.91 Å². The molecule has 0 heterocycles. The molecule has 3 heteroatoms. The summed E-state index contributed by atoms with van der Waals surface area (Å²) in [6.45, 7) is 6.14. The number of rotatable bonds is 5. The van der Waals surface area contributed by atoms with Crippen LogP contribution in [0.4, 0.5) is 0 Å². The Morgan fingerprint density at radius 1 is 1.44 bits per heavy atom. The first-order valence-electron chi connectivity index (χ1n) is 5.66. The number of benzene rings is 1. The summed E-state index contributed by atoms with van der Waals surface area (Å²) in [6, 6.07) is 7.49. The van der Waals surface area contributed by atoms with E-state index in [1.807, 2.05) is 25.1 Å². The summed E-state index contributed by atoms with van der Waals surface area (Å²) < 4.78 is 5.37. The average molecular weight is 223 g/mol. The van der Waals surface area contributed by atoms with Crippen molar-refractivity contribution in [1.82, 2.24) is 0 Å². The van der Waals surface area contributed by atoms with Crippen LogP contribution in [0.15, 0.2) is 24.3 Å². The SMILES string of the molecule is Cc1cccc(OC(N)(O)CCC(C)C)c1. The van der Waals surface area contributed by atoms with Crippen LogP contribution in [0.25, 0.3) is 0 Å². The van der Waals surface area contributed by atoms with Crippen LogP contribution < -0.4 is 10.5 Å². The minimum Gasteiger partial charge on any atom is -0.449 e. The summed E-state index contributed by atoms with van der Waals surface area (Å²) in [4.78, 5) is 0. The molecule has 0 aliphatic rings. The Balaban J connectivity index is 2.58. The van der Waals surface area contributed by atoms with E-state index in [4.69, 9.17) is 10.5 Å². The van der Waals surface area contributed by atoms with Gasteiger partial charge >= 0.3 is 0 Å². The maximum Gasteiger partial charge on any atom is 0.265 e. The monoisotopic (exact) mass is 223 g/mol. The summed E-state index contributed by atoms with van der Waals surface area (Å²) in [5.41, 5.74) is 6.76. The lowest BCUT2D eigenvalue weighted by atomic mass is 10.1. The largest absolute Gasteiger partial charge is 0.449 e. The van der Waals surface area contributed by atoms with E-state index in [0.29, 0.717) is 18.1 Å². The zero-order chi connectivity index (χ0) is 12.2. The van der Waals surface area contributed by atoms with Crippen molar-refractivity contribution in [2.75, 3.05) is 0 Å². The lowest BCUT2D eigenvalue weighted by Crippen LogP contribution is -2.45. The highest BCUT2D eigenvalue weighted by Gasteiger charge is 2.23. The molecule has 3 N–H and O–H groups in total. The van der Waals surface area contributed by atoms with Crippen LogP contribution in [0.3, 0.4) is 0 Å². The molecule has 0 aromatic heterocycles. The molecule has 1 rings (SSSR count). The molecule has 90 valence electrons. The minimum atomic E-state index is -1.57. The van der Waals surface area contributed by atoms with Crippen molar-refractivity contribution < 1.29 is 9.84 Å². The fourth-order valence-electron chi connectivity index (χ4n) is 1.43. The van der Waals surface area contributed by atoms with E-state index in [2.05, 4.69) is 13.8 Å². The minimum absolute atomic E-state index is 0.429. The Labute approximate surface area is 97.2 Å². The van der Waals surface area contributed by atoms with Gasteiger partial charge in [-0.05, 0) is 37.0 Å². The van der Waals surface area contributed by atoms with Gasteiger partial charge in [0.1, 0.15) is 5.75 Å². The molecule has 0 aliphatic carbocycles. The van der Waals surface area contributed by atoms with Crippen LogP contribution in [-0.2, 0) is 0 Å². The summed E-state index contributed by atoms with van der Waals surface area (Å²) >= 11 is 0. The normalized spacial score (nSPS) is 14.9. The smallest absolute Gasteiger partial charge is 0.265 e. The Hall–Kier alpha value is -1.06. The standard InChI is InChI=1S/C13H21NO2/c1-10(2)7-8-13(14,15)16-12-6-4-5-11(3)9-12/h4-6,9-10,15H,7-8,14H2,1-3H3. The van der Waals surface area contributed by atoms with Crippen LogP contribution in [0.2, 0.25) is 0 Å². The van der Waals surface area contributed by atoms with Crippen molar-refractivity contribution in [1.29, 1.82) is 0 Å². The predicted molar refractivity (Wildman–Crippen MR) is 65.0 cm³/mol. The summed E-state index contributed by atoms with van der Waals surface area (Å²) in [7, 11) is 0. The number of aryl methyl sites for hydroxylation is 1. The molecule has 0 aliphatic heterocycles. The van der Waals surface area contributed by atoms with Crippen LogP contribution >= 0.6 is 0 Å². The Morgan fingerprint density at radius 3 is 2.69 bits per heavy atom. The zero-order valence-electron chi connectivity index (χ0n) is 10.2. The maximum atomic E-state index is 9.86. The van der Waals surface area contributed by atoms with Crippen molar-refractivity contribution in [3.05, 3.63) is 29.8 Å². The van der Waals surface area contributed by atoms with Gasteiger partial charge in [-0.25, -0.2) is 0 Å². The highest BCUT2D eigenvalue weighted by atomic mass is 16.6. The van der Waals surface area contributed by atoms with E-state index in [1.165, 1.54) is 0 Å². The third-order valence-electron chi connectivity index (χ3n) is 2.36. The van der Waals surface area contributed by atoms with Gasteiger partial charge in [-0.15, -0.1) is 0 Å². The second-order valence-corrected chi connectivity index (χ2v) is 4.70. The first kappa shape index (κ1) is 13.0. The Kier molecular flexibility index (Phi) is 4.33. The van der Waals surface area contributed by atoms with Crippen molar-refractivity contribution in [2.45, 2.75) is 39.5 Å². The maximum absolute atomic E-state index is 9.86. The van der Waals surface area contributed by atoms with Gasteiger partial charge in [0.2, 0.25) is 0 Å². The third-order valence-corrected chi connectivity index (χ3v) is 2.36. The first-order chi connectivity index (χ1) is 7.39. The van der Waals surface area contributed by atoms with E-state index in [0.717, 1.165) is 12.0 Å². The fourth-order valence-corrected chi connectivity index (χ4v) is 1.43. The summed E-state index contributed by atoms with van der Waals surface area (Å²) in [5, 5.41) is 9.86.